The molecule has 3 aromatic rings. The summed E-state index contributed by atoms with van der Waals surface area (Å²) in [5.74, 6) is 1.47. The van der Waals surface area contributed by atoms with Gasteiger partial charge in [-0.15, -0.1) is 0 Å². The van der Waals surface area contributed by atoms with Gasteiger partial charge in [0.25, 0.3) is 0 Å². The molecule has 0 radical (unpaired) electrons. The Kier molecular flexibility index (Phi) is 4.99. The van der Waals surface area contributed by atoms with Crippen LogP contribution < -0.4 is 5.32 Å². The smallest absolute Gasteiger partial charge is 0.236 e. The molecule has 1 amide bonds. The molecule has 0 bridgehead atoms. The molecule has 0 unspecified atom stereocenters. The zero-order valence-electron chi connectivity index (χ0n) is 16.4. The first-order valence-corrected chi connectivity index (χ1v) is 12.0. The highest BCUT2D eigenvalue weighted by Crippen LogP contribution is 2.43. The minimum absolute atomic E-state index is 0.0279. The van der Waals surface area contributed by atoms with Gasteiger partial charge in [0.2, 0.25) is 5.91 Å². The molecular formula is C23H22ClN3O2S. The summed E-state index contributed by atoms with van der Waals surface area (Å²) in [6.07, 6.45) is 3.62. The topological polar surface area (TPSA) is 64.0 Å². The molecule has 7 heteroatoms. The highest BCUT2D eigenvalue weighted by Gasteiger charge is 2.43. The number of nitrogens with one attached hydrogen (secondary N) is 1. The minimum Gasteiger partial charge on any atom is -0.310 e. The van der Waals surface area contributed by atoms with Gasteiger partial charge in [-0.3, -0.25) is 9.00 Å². The molecule has 5 rings (SSSR count). The highest BCUT2D eigenvalue weighted by atomic mass is 35.5. The quantitative estimate of drug-likeness (QED) is 0.638. The van der Waals surface area contributed by atoms with Crippen LogP contribution >= 0.6 is 11.6 Å². The van der Waals surface area contributed by atoms with Crippen LogP contribution in [-0.4, -0.2) is 19.9 Å². The van der Waals surface area contributed by atoms with Crippen LogP contribution in [0.15, 0.2) is 54.6 Å². The van der Waals surface area contributed by atoms with Gasteiger partial charge in [-0.2, -0.15) is 5.10 Å². The molecule has 0 saturated heterocycles. The monoisotopic (exact) mass is 439 g/mol. The Hall–Kier alpha value is -2.44. The van der Waals surface area contributed by atoms with Crippen LogP contribution in [0.4, 0.5) is 5.82 Å². The maximum atomic E-state index is 13.7. The standard InChI is InChI=1S/C23H22ClN3O2S/c24-17-10-8-16(9-11-17)23(12-4-5-13-23)22(28)25-21-19-14-30(29)15-20(19)26-27(21)18-6-2-1-3-7-18/h1-3,6-11H,4-5,12-15H2,(H,25,28)/t30-/m0/s1. The summed E-state index contributed by atoms with van der Waals surface area (Å²) < 4.78 is 13.9. The summed E-state index contributed by atoms with van der Waals surface area (Å²) in [5.41, 5.74) is 2.98. The lowest BCUT2D eigenvalue weighted by Crippen LogP contribution is -2.38. The first kappa shape index (κ1) is 19.5. The summed E-state index contributed by atoms with van der Waals surface area (Å²) in [6.45, 7) is 0. The van der Waals surface area contributed by atoms with Crippen molar-refractivity contribution in [1.29, 1.82) is 0 Å². The molecule has 1 atom stereocenters. The predicted octanol–water partition coefficient (Wildman–Crippen LogP) is 4.74. The first-order valence-electron chi connectivity index (χ1n) is 10.2. The molecule has 1 fully saturated rings. The number of halogens is 1. The second-order valence-corrected chi connectivity index (χ2v) is 9.89. The van der Waals surface area contributed by atoms with Gasteiger partial charge in [0.1, 0.15) is 5.82 Å². The third kappa shape index (κ3) is 3.28. The minimum atomic E-state index is -0.971. The summed E-state index contributed by atoms with van der Waals surface area (Å²) in [5, 5.41) is 8.55. The fourth-order valence-electron chi connectivity index (χ4n) is 4.63. The number of benzene rings is 2. The van der Waals surface area contributed by atoms with E-state index in [9.17, 15) is 9.00 Å². The Morgan fingerprint density at radius 1 is 1.03 bits per heavy atom. The van der Waals surface area contributed by atoms with E-state index < -0.39 is 16.2 Å². The SMILES string of the molecule is O=C(Nc1c2c(nn1-c1ccccc1)C[S@@](=O)C2)C1(c2ccc(Cl)cc2)CCCC1. The molecule has 2 heterocycles. The van der Waals surface area contributed by atoms with Crippen LogP contribution in [0.1, 0.15) is 42.5 Å². The van der Waals surface area contributed by atoms with Crippen molar-refractivity contribution in [3.63, 3.8) is 0 Å². The van der Waals surface area contributed by atoms with Crippen LogP contribution in [0.3, 0.4) is 0 Å². The Balaban J connectivity index is 1.56. The van der Waals surface area contributed by atoms with E-state index in [-0.39, 0.29) is 5.91 Å². The summed E-state index contributed by atoms with van der Waals surface area (Å²) >= 11 is 6.08. The van der Waals surface area contributed by atoms with Gasteiger partial charge in [0.15, 0.2) is 0 Å². The van der Waals surface area contributed by atoms with Crippen molar-refractivity contribution < 1.29 is 9.00 Å². The Bertz CT molecular complexity index is 1120. The molecule has 1 aliphatic carbocycles. The van der Waals surface area contributed by atoms with E-state index in [1.807, 2.05) is 54.6 Å². The number of rotatable bonds is 4. The number of amides is 1. The van der Waals surface area contributed by atoms with Gasteiger partial charge in [0.05, 0.1) is 28.3 Å². The molecule has 0 spiro atoms. The zero-order valence-corrected chi connectivity index (χ0v) is 18.0. The van der Waals surface area contributed by atoms with Gasteiger partial charge in [0, 0.05) is 21.4 Å². The highest BCUT2D eigenvalue weighted by molar-refractivity contribution is 7.83. The largest absolute Gasteiger partial charge is 0.310 e. The van der Waals surface area contributed by atoms with Crippen molar-refractivity contribution in [2.75, 3.05) is 5.32 Å². The molecule has 1 saturated carbocycles. The first-order chi connectivity index (χ1) is 14.6. The average Bonchev–Trinajstić information content (AvgIpc) is 3.46. The second-order valence-electron chi connectivity index (χ2n) is 8.00. The molecule has 5 nitrogen and oxygen atoms in total. The average molecular weight is 440 g/mol. The van der Waals surface area contributed by atoms with Gasteiger partial charge in [-0.05, 0) is 42.7 Å². The van der Waals surface area contributed by atoms with Gasteiger partial charge < -0.3 is 5.32 Å². The fraction of sp³-hybridized carbons (Fsp3) is 0.304. The lowest BCUT2D eigenvalue weighted by molar-refractivity contribution is -0.121. The summed E-state index contributed by atoms with van der Waals surface area (Å²) in [6, 6.07) is 17.4. The number of nitrogens with zero attached hydrogens (tertiary/aromatic N) is 2. The van der Waals surface area contributed by atoms with Gasteiger partial charge >= 0.3 is 0 Å². The van der Waals surface area contributed by atoms with E-state index in [1.54, 1.807) is 4.68 Å². The lowest BCUT2D eigenvalue weighted by Gasteiger charge is -2.28. The molecule has 1 N–H and O–H groups in total. The zero-order chi connectivity index (χ0) is 20.7. The molecule has 1 aromatic heterocycles. The van der Waals surface area contributed by atoms with Gasteiger partial charge in [-0.25, -0.2) is 4.68 Å². The van der Waals surface area contributed by atoms with Crippen molar-refractivity contribution in [3.05, 3.63) is 76.4 Å². The molecule has 30 heavy (non-hydrogen) atoms. The second kappa shape index (κ2) is 7.67. The Morgan fingerprint density at radius 3 is 2.43 bits per heavy atom. The maximum absolute atomic E-state index is 13.7. The Labute approximate surface area is 182 Å². The van der Waals surface area contributed by atoms with Crippen molar-refractivity contribution in [2.45, 2.75) is 42.6 Å². The van der Waals surface area contributed by atoms with E-state index in [2.05, 4.69) is 10.4 Å². The summed E-state index contributed by atoms with van der Waals surface area (Å²) in [7, 11) is -0.971. The third-order valence-corrected chi connectivity index (χ3v) is 7.65. The van der Waals surface area contributed by atoms with Crippen LogP contribution in [0, 0.1) is 0 Å². The third-order valence-electron chi connectivity index (χ3n) is 6.19. The predicted molar refractivity (Wildman–Crippen MR) is 119 cm³/mol. The number of hydrogen-bond donors (Lipinski definition) is 1. The molecule has 1 aliphatic heterocycles. The number of aromatic nitrogens is 2. The van der Waals surface area contributed by atoms with E-state index in [0.717, 1.165) is 48.2 Å². The van der Waals surface area contributed by atoms with Crippen LogP contribution in [-0.2, 0) is 32.5 Å². The number of para-hydroxylation sites is 1. The number of carbonyl (C=O) groups excluding carboxylic acids is 1. The Morgan fingerprint density at radius 2 is 1.73 bits per heavy atom. The maximum Gasteiger partial charge on any atom is 0.236 e. The lowest BCUT2D eigenvalue weighted by atomic mass is 9.78. The van der Waals surface area contributed by atoms with Gasteiger partial charge in [-0.1, -0.05) is 54.8 Å². The normalized spacial score (nSPS) is 19.6. The van der Waals surface area contributed by atoms with Crippen molar-refractivity contribution >= 4 is 34.1 Å². The number of carbonyl (C=O) groups is 1. The van der Waals surface area contributed by atoms with E-state index in [4.69, 9.17) is 11.6 Å². The molecular weight excluding hydrogens is 418 g/mol. The van der Waals surface area contributed by atoms with Crippen LogP contribution in [0.25, 0.3) is 5.69 Å². The molecule has 154 valence electrons. The number of fused-ring (bicyclic) bond motifs is 1. The van der Waals surface area contributed by atoms with Crippen molar-refractivity contribution in [3.8, 4) is 5.69 Å². The van der Waals surface area contributed by atoms with Crippen molar-refractivity contribution in [1.82, 2.24) is 9.78 Å². The fourth-order valence-corrected chi connectivity index (χ4v) is 6.02. The number of hydrogen-bond acceptors (Lipinski definition) is 3. The van der Waals surface area contributed by atoms with E-state index >= 15 is 0 Å². The number of anilines is 1. The van der Waals surface area contributed by atoms with Crippen LogP contribution in [0.2, 0.25) is 5.02 Å². The van der Waals surface area contributed by atoms with E-state index in [0.29, 0.717) is 22.3 Å². The van der Waals surface area contributed by atoms with E-state index in [1.165, 1.54) is 0 Å². The molecule has 2 aromatic carbocycles. The summed E-state index contributed by atoms with van der Waals surface area (Å²) in [4.78, 5) is 13.7. The van der Waals surface area contributed by atoms with Crippen LogP contribution in [0.5, 0.6) is 0 Å². The molecule has 2 aliphatic rings. The van der Waals surface area contributed by atoms with Crippen molar-refractivity contribution in [2.24, 2.45) is 0 Å².